The quantitative estimate of drug-likeness (QED) is 0.577. The number of amides is 1. The fourth-order valence-electron chi connectivity index (χ4n) is 1.05. The van der Waals surface area contributed by atoms with Crippen molar-refractivity contribution in [3.05, 3.63) is 38.4 Å². The van der Waals surface area contributed by atoms with E-state index in [0.717, 1.165) is 18.2 Å². The Hall–Kier alpha value is -2.75. The molecule has 0 aliphatic heterocycles. The SMILES string of the molecule is CC(=O)NNc1ccc([N+](=O)[O-])cc1[N+](=O)[O-].O. The average molecular weight is 258 g/mol. The molecule has 4 N–H and O–H groups in total. The summed E-state index contributed by atoms with van der Waals surface area (Å²) in [5, 5.41) is 21.1. The highest BCUT2D eigenvalue weighted by Gasteiger charge is 2.19. The highest BCUT2D eigenvalue weighted by molar-refractivity contribution is 5.76. The maximum absolute atomic E-state index is 10.7. The summed E-state index contributed by atoms with van der Waals surface area (Å²) in [6, 6.07) is 3.05. The Morgan fingerprint density at radius 3 is 2.28 bits per heavy atom. The van der Waals surface area contributed by atoms with Crippen molar-refractivity contribution in [1.82, 2.24) is 5.43 Å². The first-order valence-electron chi connectivity index (χ1n) is 4.37. The van der Waals surface area contributed by atoms with Gasteiger partial charge in [0.05, 0.1) is 15.9 Å². The number of benzene rings is 1. The Bertz CT molecular complexity index is 488. The van der Waals surface area contributed by atoms with Gasteiger partial charge in [-0.15, -0.1) is 0 Å². The van der Waals surface area contributed by atoms with Crippen molar-refractivity contribution < 1.29 is 20.1 Å². The van der Waals surface area contributed by atoms with E-state index < -0.39 is 27.1 Å². The minimum absolute atomic E-state index is 0. The third kappa shape index (κ3) is 3.68. The second-order valence-electron chi connectivity index (χ2n) is 3.02. The number of carbonyl (C=O) groups excluding carboxylic acids is 1. The number of hydrogen-bond donors (Lipinski definition) is 2. The summed E-state index contributed by atoms with van der Waals surface area (Å²) in [7, 11) is 0. The fraction of sp³-hybridized carbons (Fsp3) is 0.125. The molecule has 1 aromatic carbocycles. The summed E-state index contributed by atoms with van der Waals surface area (Å²) < 4.78 is 0. The van der Waals surface area contributed by atoms with Gasteiger partial charge in [0.2, 0.25) is 5.91 Å². The van der Waals surface area contributed by atoms with Crippen LogP contribution in [0.1, 0.15) is 6.92 Å². The van der Waals surface area contributed by atoms with E-state index >= 15 is 0 Å². The molecule has 0 atom stereocenters. The second kappa shape index (κ2) is 6.10. The highest BCUT2D eigenvalue weighted by Crippen LogP contribution is 2.28. The molecule has 1 rings (SSSR count). The summed E-state index contributed by atoms with van der Waals surface area (Å²) >= 11 is 0. The number of nitrogens with one attached hydrogen (secondary N) is 2. The number of hydrazine groups is 1. The van der Waals surface area contributed by atoms with Crippen molar-refractivity contribution in [3.8, 4) is 0 Å². The van der Waals surface area contributed by atoms with Gasteiger partial charge in [-0.1, -0.05) is 0 Å². The lowest BCUT2D eigenvalue weighted by atomic mass is 10.2. The average Bonchev–Trinajstić information content (AvgIpc) is 2.25. The Morgan fingerprint density at radius 1 is 1.22 bits per heavy atom. The molecular weight excluding hydrogens is 248 g/mol. The van der Waals surface area contributed by atoms with E-state index in [9.17, 15) is 25.0 Å². The topological polar surface area (TPSA) is 159 Å². The van der Waals surface area contributed by atoms with E-state index in [4.69, 9.17) is 0 Å². The molecule has 1 aromatic rings. The van der Waals surface area contributed by atoms with E-state index in [1.807, 2.05) is 0 Å². The molecule has 0 aromatic heterocycles. The number of nitro groups is 2. The largest absolute Gasteiger partial charge is 0.412 e. The second-order valence-corrected chi connectivity index (χ2v) is 3.02. The van der Waals surface area contributed by atoms with Gasteiger partial charge in [0.1, 0.15) is 5.69 Å². The summed E-state index contributed by atoms with van der Waals surface area (Å²) in [6.45, 7) is 1.21. The van der Waals surface area contributed by atoms with Crippen molar-refractivity contribution >= 4 is 23.0 Å². The third-order valence-corrected chi connectivity index (χ3v) is 1.76. The van der Waals surface area contributed by atoms with Crippen LogP contribution in [0.5, 0.6) is 0 Å². The van der Waals surface area contributed by atoms with Crippen LogP contribution in [0.25, 0.3) is 0 Å². The first-order valence-corrected chi connectivity index (χ1v) is 4.37. The molecule has 10 heteroatoms. The number of rotatable bonds is 4. The maximum Gasteiger partial charge on any atom is 0.300 e. The smallest absolute Gasteiger partial charge is 0.300 e. The van der Waals surface area contributed by atoms with Crippen LogP contribution < -0.4 is 10.9 Å². The number of non-ortho nitro benzene ring substituents is 1. The predicted octanol–water partition coefficient (Wildman–Crippen LogP) is 0.141. The lowest BCUT2D eigenvalue weighted by Gasteiger charge is -2.06. The number of hydrogen-bond acceptors (Lipinski definition) is 6. The first kappa shape index (κ1) is 15.2. The molecule has 98 valence electrons. The fourth-order valence-corrected chi connectivity index (χ4v) is 1.05. The minimum atomic E-state index is -0.781. The van der Waals surface area contributed by atoms with Gasteiger partial charge < -0.3 is 5.48 Å². The van der Waals surface area contributed by atoms with Gasteiger partial charge in [-0.3, -0.25) is 35.9 Å². The molecule has 0 fully saturated rings. The number of nitrogens with zero attached hydrogens (tertiary/aromatic N) is 2. The molecule has 1 amide bonds. The highest BCUT2D eigenvalue weighted by atomic mass is 16.6. The minimum Gasteiger partial charge on any atom is -0.412 e. The van der Waals surface area contributed by atoms with Crippen molar-refractivity contribution in [2.45, 2.75) is 6.92 Å². The summed E-state index contributed by atoms with van der Waals surface area (Å²) in [4.78, 5) is 30.2. The standard InChI is InChI=1S/C8H8N4O5.H2O/c1-5(13)9-10-7-3-2-6(11(14)15)4-8(7)12(16)17;/h2-4,10H,1H3,(H,9,13);1H2. The molecule has 0 aliphatic carbocycles. The molecular formula is C8H10N4O6. The van der Waals surface area contributed by atoms with E-state index in [1.165, 1.54) is 6.92 Å². The van der Waals surface area contributed by atoms with Crippen LogP contribution in [-0.2, 0) is 4.79 Å². The molecule has 0 radical (unpaired) electrons. The van der Waals surface area contributed by atoms with Crippen LogP contribution in [0.2, 0.25) is 0 Å². The normalized spacial score (nSPS) is 8.94. The van der Waals surface area contributed by atoms with Crippen molar-refractivity contribution in [2.75, 3.05) is 5.43 Å². The number of carbonyl (C=O) groups is 1. The summed E-state index contributed by atoms with van der Waals surface area (Å²) in [6.07, 6.45) is 0. The predicted molar refractivity (Wildman–Crippen MR) is 60.8 cm³/mol. The van der Waals surface area contributed by atoms with E-state index in [-0.39, 0.29) is 11.2 Å². The Balaban J connectivity index is 0.00000289. The van der Waals surface area contributed by atoms with Crippen molar-refractivity contribution in [1.29, 1.82) is 0 Å². The van der Waals surface area contributed by atoms with Gasteiger partial charge in [0.25, 0.3) is 5.69 Å². The van der Waals surface area contributed by atoms with Gasteiger partial charge >= 0.3 is 5.69 Å². The van der Waals surface area contributed by atoms with E-state index in [1.54, 1.807) is 0 Å². The van der Waals surface area contributed by atoms with Gasteiger partial charge in [0.15, 0.2) is 0 Å². The van der Waals surface area contributed by atoms with Crippen LogP contribution in [0.15, 0.2) is 18.2 Å². The lowest BCUT2D eigenvalue weighted by molar-refractivity contribution is -0.393. The maximum atomic E-state index is 10.7. The molecule has 0 bridgehead atoms. The first-order chi connectivity index (χ1) is 7.91. The zero-order chi connectivity index (χ0) is 13.0. The molecule has 0 heterocycles. The molecule has 0 spiro atoms. The molecule has 10 nitrogen and oxygen atoms in total. The van der Waals surface area contributed by atoms with Gasteiger partial charge in [-0.25, -0.2) is 0 Å². The van der Waals surface area contributed by atoms with E-state index in [0.29, 0.717) is 0 Å². The van der Waals surface area contributed by atoms with Crippen molar-refractivity contribution in [2.24, 2.45) is 0 Å². The Labute approximate surface area is 100 Å². The molecule has 0 aliphatic rings. The third-order valence-electron chi connectivity index (χ3n) is 1.76. The molecule has 0 saturated carbocycles. The summed E-state index contributed by atoms with van der Waals surface area (Å²) in [5.74, 6) is -0.447. The zero-order valence-corrected chi connectivity index (χ0v) is 9.17. The van der Waals surface area contributed by atoms with Crippen LogP contribution >= 0.6 is 0 Å². The van der Waals surface area contributed by atoms with Crippen LogP contribution in [0, 0.1) is 20.2 Å². The summed E-state index contributed by atoms with van der Waals surface area (Å²) in [5.41, 5.74) is 3.52. The van der Waals surface area contributed by atoms with Crippen LogP contribution in [0.4, 0.5) is 17.1 Å². The molecule has 0 unspecified atom stereocenters. The van der Waals surface area contributed by atoms with Crippen LogP contribution in [0.3, 0.4) is 0 Å². The molecule has 18 heavy (non-hydrogen) atoms. The molecule has 0 saturated heterocycles. The Kier molecular flexibility index (Phi) is 5.17. The van der Waals surface area contributed by atoms with Crippen LogP contribution in [-0.4, -0.2) is 21.2 Å². The number of nitro benzene ring substituents is 2. The Morgan fingerprint density at radius 2 is 1.83 bits per heavy atom. The van der Waals surface area contributed by atoms with Crippen molar-refractivity contribution in [3.63, 3.8) is 0 Å². The van der Waals surface area contributed by atoms with Gasteiger partial charge in [-0.05, 0) is 6.07 Å². The lowest BCUT2D eigenvalue weighted by Crippen LogP contribution is -2.26. The van der Waals surface area contributed by atoms with Gasteiger partial charge in [0, 0.05) is 13.0 Å². The van der Waals surface area contributed by atoms with E-state index in [2.05, 4.69) is 10.9 Å². The number of anilines is 1. The van der Waals surface area contributed by atoms with Gasteiger partial charge in [-0.2, -0.15) is 0 Å². The zero-order valence-electron chi connectivity index (χ0n) is 9.17. The monoisotopic (exact) mass is 258 g/mol.